The number of nitriles is 1. The second-order valence-electron chi connectivity index (χ2n) is 6.98. The van der Waals surface area contributed by atoms with Crippen LogP contribution in [-0.2, 0) is 19.4 Å². The van der Waals surface area contributed by atoms with E-state index in [9.17, 15) is 18.0 Å². The second kappa shape index (κ2) is 10.9. The van der Waals surface area contributed by atoms with E-state index in [1.54, 1.807) is 42.5 Å². The number of rotatable bonds is 8. The lowest BCUT2D eigenvalue weighted by Crippen LogP contribution is -2.44. The molecular formula is C24H21N3O5S. The Balaban J connectivity index is 1.41. The van der Waals surface area contributed by atoms with Gasteiger partial charge in [-0.15, -0.1) is 0 Å². The van der Waals surface area contributed by atoms with E-state index in [4.69, 9.17) is 10.00 Å². The molecule has 3 aromatic rings. The summed E-state index contributed by atoms with van der Waals surface area (Å²) in [6.45, 7) is -0.335. The Bertz CT molecular complexity index is 1250. The number of hydrogen-bond acceptors (Lipinski definition) is 6. The lowest BCUT2D eigenvalue weighted by molar-refractivity contribution is -0.129. The van der Waals surface area contributed by atoms with Crippen molar-refractivity contribution in [2.75, 3.05) is 12.4 Å². The fraction of sp³-hybridized carbons (Fsp3) is 0.125. The van der Waals surface area contributed by atoms with E-state index in [0.29, 0.717) is 11.3 Å². The molecule has 0 heterocycles. The van der Waals surface area contributed by atoms with Crippen LogP contribution >= 0.6 is 0 Å². The van der Waals surface area contributed by atoms with E-state index in [-0.39, 0.29) is 23.7 Å². The van der Waals surface area contributed by atoms with Crippen LogP contribution in [0.3, 0.4) is 0 Å². The monoisotopic (exact) mass is 463 g/mol. The molecule has 0 radical (unpaired) electrons. The number of nitrogens with zero attached hydrogens (tertiary/aromatic N) is 1. The lowest BCUT2D eigenvalue weighted by atomic mass is 10.0. The van der Waals surface area contributed by atoms with Crippen LogP contribution in [0.2, 0.25) is 0 Å². The highest BCUT2D eigenvalue weighted by atomic mass is 32.2. The maximum absolute atomic E-state index is 12.2. The van der Waals surface area contributed by atoms with Crippen molar-refractivity contribution in [1.82, 2.24) is 10.9 Å². The van der Waals surface area contributed by atoms with E-state index >= 15 is 0 Å². The van der Waals surface area contributed by atoms with Crippen molar-refractivity contribution in [3.05, 3.63) is 84.4 Å². The molecule has 168 valence electrons. The van der Waals surface area contributed by atoms with E-state index in [0.717, 1.165) is 11.1 Å². The molecule has 33 heavy (non-hydrogen) atoms. The summed E-state index contributed by atoms with van der Waals surface area (Å²) in [5.74, 6) is -1.14. The average molecular weight is 464 g/mol. The van der Waals surface area contributed by atoms with Crippen molar-refractivity contribution < 1.29 is 22.7 Å². The van der Waals surface area contributed by atoms with Crippen LogP contribution < -0.4 is 15.6 Å². The fourth-order valence-electron chi connectivity index (χ4n) is 2.84. The smallest absolute Gasteiger partial charge is 0.276 e. The fourth-order valence-corrected chi connectivity index (χ4v) is 4.10. The Labute approximate surface area is 191 Å². The highest BCUT2D eigenvalue weighted by Gasteiger charge is 2.16. The van der Waals surface area contributed by atoms with Gasteiger partial charge in [0.05, 0.1) is 22.3 Å². The van der Waals surface area contributed by atoms with E-state index in [1.165, 1.54) is 12.1 Å². The standard InChI is InChI=1S/C24H21N3O5S/c25-16-18-6-8-19(9-7-18)20-10-12-21(13-11-20)32-17-24(29)27-26-23(28)14-15-33(30,31)22-4-2-1-3-5-22/h1-13H,14-15,17H2,(H,26,28)(H,27,29). The molecule has 0 aliphatic carbocycles. The first kappa shape index (κ1) is 23.5. The van der Waals surface area contributed by atoms with Gasteiger partial charge in [0.25, 0.3) is 5.91 Å². The summed E-state index contributed by atoms with van der Waals surface area (Å²) < 4.78 is 29.8. The molecule has 0 atom stereocenters. The van der Waals surface area contributed by atoms with Gasteiger partial charge < -0.3 is 4.74 Å². The largest absolute Gasteiger partial charge is 0.484 e. The van der Waals surface area contributed by atoms with Crippen LogP contribution in [0.5, 0.6) is 5.75 Å². The van der Waals surface area contributed by atoms with Crippen molar-refractivity contribution in [2.24, 2.45) is 0 Å². The van der Waals surface area contributed by atoms with Gasteiger partial charge in [-0.2, -0.15) is 5.26 Å². The molecule has 0 unspecified atom stereocenters. The van der Waals surface area contributed by atoms with Crippen molar-refractivity contribution in [1.29, 1.82) is 5.26 Å². The molecule has 8 nitrogen and oxygen atoms in total. The van der Waals surface area contributed by atoms with Crippen molar-refractivity contribution in [3.63, 3.8) is 0 Å². The number of carbonyl (C=O) groups is 2. The molecule has 0 aliphatic rings. The topological polar surface area (TPSA) is 125 Å². The van der Waals surface area contributed by atoms with Gasteiger partial charge in [-0.25, -0.2) is 8.42 Å². The SMILES string of the molecule is N#Cc1ccc(-c2ccc(OCC(=O)NNC(=O)CCS(=O)(=O)c3ccccc3)cc2)cc1. The quantitative estimate of drug-likeness (QED) is 0.495. The summed E-state index contributed by atoms with van der Waals surface area (Å²) in [5, 5.41) is 8.86. The molecule has 0 bridgehead atoms. The van der Waals surface area contributed by atoms with Gasteiger partial charge in [0.1, 0.15) is 5.75 Å². The number of amides is 2. The molecule has 0 aromatic heterocycles. The summed E-state index contributed by atoms with van der Waals surface area (Å²) in [6.07, 6.45) is -0.296. The van der Waals surface area contributed by atoms with E-state index in [1.807, 2.05) is 24.3 Å². The summed E-state index contributed by atoms with van der Waals surface area (Å²) in [7, 11) is -3.58. The summed E-state index contributed by atoms with van der Waals surface area (Å²) in [6, 6.07) is 24.1. The minimum Gasteiger partial charge on any atom is -0.484 e. The zero-order chi connectivity index (χ0) is 23.7. The Kier molecular flexibility index (Phi) is 7.78. The maximum Gasteiger partial charge on any atom is 0.276 e. The van der Waals surface area contributed by atoms with Crippen LogP contribution in [-0.4, -0.2) is 32.6 Å². The third-order valence-electron chi connectivity index (χ3n) is 4.61. The highest BCUT2D eigenvalue weighted by Crippen LogP contribution is 2.22. The predicted molar refractivity (Wildman–Crippen MR) is 121 cm³/mol. The third kappa shape index (κ3) is 6.92. The number of ether oxygens (including phenoxy) is 1. The van der Waals surface area contributed by atoms with Crippen LogP contribution in [0, 0.1) is 11.3 Å². The number of benzene rings is 3. The van der Waals surface area contributed by atoms with Gasteiger partial charge in [-0.1, -0.05) is 42.5 Å². The minimum absolute atomic E-state index is 0.139. The van der Waals surface area contributed by atoms with Crippen molar-refractivity contribution in [2.45, 2.75) is 11.3 Å². The first-order valence-corrected chi connectivity index (χ1v) is 11.6. The zero-order valence-corrected chi connectivity index (χ0v) is 18.3. The van der Waals surface area contributed by atoms with Gasteiger partial charge in [-0.3, -0.25) is 20.4 Å². The number of hydrogen-bond donors (Lipinski definition) is 2. The van der Waals surface area contributed by atoms with Crippen LogP contribution in [0.1, 0.15) is 12.0 Å². The molecule has 2 N–H and O–H groups in total. The molecular weight excluding hydrogens is 442 g/mol. The van der Waals surface area contributed by atoms with Crippen molar-refractivity contribution in [3.8, 4) is 22.9 Å². The van der Waals surface area contributed by atoms with E-state index in [2.05, 4.69) is 16.9 Å². The van der Waals surface area contributed by atoms with E-state index < -0.39 is 21.7 Å². The Morgan fingerprint density at radius 1 is 0.818 bits per heavy atom. The highest BCUT2D eigenvalue weighted by molar-refractivity contribution is 7.91. The Morgan fingerprint density at radius 3 is 2.00 bits per heavy atom. The van der Waals surface area contributed by atoms with Gasteiger partial charge in [0, 0.05) is 6.42 Å². The summed E-state index contributed by atoms with van der Waals surface area (Å²) >= 11 is 0. The van der Waals surface area contributed by atoms with Gasteiger partial charge >= 0.3 is 0 Å². The molecule has 0 saturated carbocycles. The molecule has 3 aromatic carbocycles. The molecule has 0 saturated heterocycles. The predicted octanol–water partition coefficient (Wildman–Crippen LogP) is 2.62. The summed E-state index contributed by atoms with van der Waals surface area (Å²) in [4.78, 5) is 23.9. The van der Waals surface area contributed by atoms with Gasteiger partial charge in [-0.05, 0) is 47.5 Å². The second-order valence-corrected chi connectivity index (χ2v) is 9.09. The van der Waals surface area contributed by atoms with Crippen LogP contribution in [0.15, 0.2) is 83.8 Å². The van der Waals surface area contributed by atoms with Gasteiger partial charge in [0.2, 0.25) is 5.91 Å². The van der Waals surface area contributed by atoms with Gasteiger partial charge in [0.15, 0.2) is 16.4 Å². The number of nitrogens with one attached hydrogen (secondary N) is 2. The molecule has 2 amide bonds. The molecule has 3 rings (SSSR count). The molecule has 0 aliphatic heterocycles. The maximum atomic E-state index is 12.2. The van der Waals surface area contributed by atoms with Crippen molar-refractivity contribution >= 4 is 21.7 Å². The molecule has 9 heteroatoms. The average Bonchev–Trinajstić information content (AvgIpc) is 2.86. The first-order chi connectivity index (χ1) is 15.9. The molecule has 0 spiro atoms. The molecule has 0 fully saturated rings. The third-order valence-corrected chi connectivity index (χ3v) is 6.35. The lowest BCUT2D eigenvalue weighted by Gasteiger charge is -2.10. The Hall–Kier alpha value is -4.16. The zero-order valence-electron chi connectivity index (χ0n) is 17.5. The van der Waals surface area contributed by atoms with Crippen LogP contribution in [0.25, 0.3) is 11.1 Å². The summed E-state index contributed by atoms with van der Waals surface area (Å²) in [5.41, 5.74) is 6.81. The number of carbonyl (C=O) groups excluding carboxylic acids is 2. The van der Waals surface area contributed by atoms with Crippen LogP contribution in [0.4, 0.5) is 0 Å². The number of sulfone groups is 1. The normalized spacial score (nSPS) is 10.6. The first-order valence-electron chi connectivity index (χ1n) is 9.96. The number of hydrazine groups is 1. The Morgan fingerprint density at radius 2 is 1.39 bits per heavy atom. The minimum atomic E-state index is -3.58.